The van der Waals surface area contributed by atoms with E-state index in [9.17, 15) is 18.4 Å². The molecule has 0 saturated carbocycles. The first-order chi connectivity index (χ1) is 15.0. The van der Waals surface area contributed by atoms with E-state index in [1.807, 2.05) is 0 Å². The number of aromatic nitrogens is 4. The number of rotatable bonds is 6. The Morgan fingerprint density at radius 2 is 1.10 bits per heavy atom. The van der Waals surface area contributed by atoms with Gasteiger partial charge in [0.15, 0.2) is 0 Å². The summed E-state index contributed by atoms with van der Waals surface area (Å²) >= 11 is 0. The van der Waals surface area contributed by atoms with Crippen molar-refractivity contribution in [2.75, 3.05) is 13.1 Å². The van der Waals surface area contributed by atoms with Crippen LogP contribution in [0.2, 0.25) is 0 Å². The molecule has 31 heavy (non-hydrogen) atoms. The summed E-state index contributed by atoms with van der Waals surface area (Å²) in [6, 6.07) is 4.61. The van der Waals surface area contributed by atoms with Crippen LogP contribution in [0, 0.1) is 11.6 Å². The van der Waals surface area contributed by atoms with Crippen molar-refractivity contribution in [2.24, 2.45) is 0 Å². The molecular formula is C21H16F2N6O2. The van der Waals surface area contributed by atoms with Gasteiger partial charge in [-0.05, 0) is 18.6 Å². The molecule has 156 valence electrons. The molecule has 0 aliphatic carbocycles. The normalized spacial score (nSPS) is 10.9. The monoisotopic (exact) mass is 422 g/mol. The number of carbonyl (C=O) groups excluding carboxylic acids is 2. The lowest BCUT2D eigenvalue weighted by Crippen LogP contribution is -2.30. The predicted octanol–water partition coefficient (Wildman–Crippen LogP) is 2.40. The van der Waals surface area contributed by atoms with E-state index in [0.29, 0.717) is 17.5 Å². The Morgan fingerprint density at radius 3 is 1.55 bits per heavy atom. The molecule has 0 bridgehead atoms. The van der Waals surface area contributed by atoms with E-state index in [1.165, 1.54) is 36.9 Å². The van der Waals surface area contributed by atoms with Gasteiger partial charge in [0.25, 0.3) is 11.8 Å². The Morgan fingerprint density at radius 1 is 0.677 bits per heavy atom. The van der Waals surface area contributed by atoms with Crippen molar-refractivity contribution in [3.05, 3.63) is 71.8 Å². The van der Waals surface area contributed by atoms with E-state index >= 15 is 0 Å². The topological polar surface area (TPSA) is 110 Å². The number of fused-ring (bicyclic) bond motifs is 2. The molecule has 10 heteroatoms. The van der Waals surface area contributed by atoms with Crippen molar-refractivity contribution in [1.82, 2.24) is 30.6 Å². The lowest BCUT2D eigenvalue weighted by molar-refractivity contribution is 0.0952. The number of hydrogen-bond acceptors (Lipinski definition) is 6. The molecule has 0 saturated heterocycles. The van der Waals surface area contributed by atoms with Gasteiger partial charge < -0.3 is 10.6 Å². The maximum Gasteiger partial charge on any atom is 0.253 e. The summed E-state index contributed by atoms with van der Waals surface area (Å²) in [5.74, 6) is -2.17. The van der Waals surface area contributed by atoms with Gasteiger partial charge >= 0.3 is 0 Å². The molecule has 2 N–H and O–H groups in total. The highest BCUT2D eigenvalue weighted by Gasteiger charge is 2.15. The van der Waals surface area contributed by atoms with Gasteiger partial charge in [-0.25, -0.2) is 8.78 Å². The molecule has 4 aromatic rings. The van der Waals surface area contributed by atoms with Gasteiger partial charge in [0.2, 0.25) is 0 Å². The second-order valence-electron chi connectivity index (χ2n) is 6.62. The van der Waals surface area contributed by atoms with Crippen LogP contribution in [-0.2, 0) is 0 Å². The van der Waals surface area contributed by atoms with Gasteiger partial charge in [0.1, 0.15) is 22.7 Å². The number of benzene rings is 2. The first-order valence-corrected chi connectivity index (χ1v) is 9.40. The fourth-order valence-electron chi connectivity index (χ4n) is 3.11. The van der Waals surface area contributed by atoms with Gasteiger partial charge in [-0.2, -0.15) is 0 Å². The predicted molar refractivity (Wildman–Crippen MR) is 108 cm³/mol. The molecule has 2 amide bonds. The van der Waals surface area contributed by atoms with Gasteiger partial charge in [0.05, 0.1) is 22.2 Å². The molecule has 0 atom stereocenters. The average molecular weight is 422 g/mol. The lowest BCUT2D eigenvalue weighted by atomic mass is 10.1. The zero-order valence-electron chi connectivity index (χ0n) is 16.1. The van der Waals surface area contributed by atoms with E-state index in [4.69, 9.17) is 0 Å². The fraction of sp³-hybridized carbons (Fsp3) is 0.143. The number of nitrogens with one attached hydrogen (secondary N) is 2. The summed E-state index contributed by atoms with van der Waals surface area (Å²) in [6.45, 7) is 0.447. The third-order valence-corrected chi connectivity index (χ3v) is 4.49. The Balaban J connectivity index is 1.34. The molecule has 0 unspecified atom stereocenters. The molecule has 4 rings (SSSR count). The van der Waals surface area contributed by atoms with Gasteiger partial charge in [0, 0.05) is 50.0 Å². The number of carbonyl (C=O) groups is 2. The van der Waals surface area contributed by atoms with Crippen LogP contribution in [0.3, 0.4) is 0 Å². The number of nitrogens with zero attached hydrogens (tertiary/aromatic N) is 4. The third kappa shape index (κ3) is 4.42. The molecule has 0 aliphatic rings. The maximum absolute atomic E-state index is 13.8. The van der Waals surface area contributed by atoms with Crippen LogP contribution in [0.15, 0.2) is 49.1 Å². The van der Waals surface area contributed by atoms with Crippen molar-refractivity contribution in [3.63, 3.8) is 0 Å². The molecule has 0 spiro atoms. The first-order valence-electron chi connectivity index (χ1n) is 9.40. The molecule has 2 aromatic carbocycles. The molecule has 0 aliphatic heterocycles. The van der Waals surface area contributed by atoms with E-state index < -0.39 is 23.4 Å². The number of amides is 2. The SMILES string of the molecule is O=C(NCCCNC(=O)c1cc(F)cc2nccnc12)c1cc(F)cc2nccnc12. The van der Waals surface area contributed by atoms with Crippen LogP contribution in [0.5, 0.6) is 0 Å². The fourth-order valence-corrected chi connectivity index (χ4v) is 3.11. The van der Waals surface area contributed by atoms with Crippen LogP contribution in [-0.4, -0.2) is 44.8 Å². The van der Waals surface area contributed by atoms with Crippen molar-refractivity contribution in [2.45, 2.75) is 6.42 Å². The van der Waals surface area contributed by atoms with Crippen LogP contribution >= 0.6 is 0 Å². The van der Waals surface area contributed by atoms with E-state index in [-0.39, 0.29) is 35.2 Å². The van der Waals surface area contributed by atoms with Gasteiger partial charge in [-0.15, -0.1) is 0 Å². The molecule has 2 heterocycles. The summed E-state index contributed by atoms with van der Waals surface area (Å²) in [5, 5.41) is 5.33. The highest BCUT2D eigenvalue weighted by molar-refractivity contribution is 6.05. The molecule has 0 fully saturated rings. The Bertz CT molecular complexity index is 1200. The van der Waals surface area contributed by atoms with E-state index in [0.717, 1.165) is 12.1 Å². The largest absolute Gasteiger partial charge is 0.352 e. The second-order valence-corrected chi connectivity index (χ2v) is 6.62. The Kier molecular flexibility index (Phi) is 5.69. The summed E-state index contributed by atoms with van der Waals surface area (Å²) < 4.78 is 27.5. The second kappa shape index (κ2) is 8.74. The molecule has 0 radical (unpaired) electrons. The van der Waals surface area contributed by atoms with Gasteiger partial charge in [-0.1, -0.05) is 0 Å². The van der Waals surface area contributed by atoms with Crippen molar-refractivity contribution >= 4 is 33.9 Å². The minimum Gasteiger partial charge on any atom is -0.352 e. The zero-order valence-corrected chi connectivity index (χ0v) is 16.1. The first kappa shape index (κ1) is 20.2. The van der Waals surface area contributed by atoms with E-state index in [1.54, 1.807) is 0 Å². The Labute approximate surface area is 174 Å². The summed E-state index contributed by atoms with van der Waals surface area (Å²) in [4.78, 5) is 41.0. The minimum atomic E-state index is -0.587. The highest BCUT2D eigenvalue weighted by atomic mass is 19.1. The molecular weight excluding hydrogens is 406 g/mol. The van der Waals surface area contributed by atoms with Gasteiger partial charge in [-0.3, -0.25) is 29.5 Å². The standard InChI is InChI=1S/C21H16F2N6O2/c22-12-8-14(18-16(10-12)24-4-6-26-18)20(30)28-2-1-3-29-21(31)15-9-13(23)11-17-19(15)27-7-5-25-17/h4-11H,1-3H2,(H,28,30)(H,29,31). The van der Waals surface area contributed by atoms with Crippen LogP contribution in [0.1, 0.15) is 27.1 Å². The molecule has 2 aromatic heterocycles. The highest BCUT2D eigenvalue weighted by Crippen LogP contribution is 2.17. The lowest BCUT2D eigenvalue weighted by Gasteiger charge is -2.09. The quantitative estimate of drug-likeness (QED) is 0.462. The summed E-state index contributed by atoms with van der Waals surface area (Å²) in [5.41, 5.74) is 1.33. The van der Waals surface area contributed by atoms with Crippen molar-refractivity contribution in [1.29, 1.82) is 0 Å². The summed E-state index contributed by atoms with van der Waals surface area (Å²) in [6.07, 6.45) is 6.08. The Hall–Kier alpha value is -4.08. The van der Waals surface area contributed by atoms with Crippen LogP contribution in [0.25, 0.3) is 22.1 Å². The average Bonchev–Trinajstić information content (AvgIpc) is 2.77. The maximum atomic E-state index is 13.8. The smallest absolute Gasteiger partial charge is 0.253 e. The van der Waals surface area contributed by atoms with E-state index in [2.05, 4.69) is 30.6 Å². The number of hydrogen-bond donors (Lipinski definition) is 2. The zero-order chi connectivity index (χ0) is 21.8. The summed E-state index contributed by atoms with van der Waals surface area (Å²) in [7, 11) is 0. The van der Waals surface area contributed by atoms with Crippen molar-refractivity contribution < 1.29 is 18.4 Å². The van der Waals surface area contributed by atoms with Crippen LogP contribution < -0.4 is 10.6 Å². The van der Waals surface area contributed by atoms with Crippen molar-refractivity contribution in [3.8, 4) is 0 Å². The third-order valence-electron chi connectivity index (χ3n) is 4.49. The van der Waals surface area contributed by atoms with Crippen LogP contribution in [0.4, 0.5) is 8.78 Å². The number of halogens is 2. The molecule has 8 nitrogen and oxygen atoms in total. The minimum absolute atomic E-state index is 0.0805.